The number of carbonyl (C=O) groups is 2. The van der Waals surface area contributed by atoms with Crippen LogP contribution in [-0.2, 0) is 14.3 Å². The summed E-state index contributed by atoms with van der Waals surface area (Å²) in [5.41, 5.74) is 0. The van der Waals surface area contributed by atoms with E-state index in [1.165, 1.54) is 51.4 Å². The van der Waals surface area contributed by atoms with Gasteiger partial charge in [-0.1, -0.05) is 85.5 Å². The molecule has 1 amide bonds. The molecule has 1 aliphatic rings. The van der Waals surface area contributed by atoms with Gasteiger partial charge >= 0.3 is 5.97 Å². The van der Waals surface area contributed by atoms with Gasteiger partial charge in [0.15, 0.2) is 0 Å². The summed E-state index contributed by atoms with van der Waals surface area (Å²) in [7, 11) is 4.08. The van der Waals surface area contributed by atoms with E-state index in [9.17, 15) is 9.59 Å². The Morgan fingerprint density at radius 3 is 2.09 bits per heavy atom. The van der Waals surface area contributed by atoms with Gasteiger partial charge in [-0.15, -0.1) is 0 Å². The highest BCUT2D eigenvalue weighted by Gasteiger charge is 2.33. The highest BCUT2D eigenvalue weighted by atomic mass is 16.5. The average Bonchev–Trinajstić information content (AvgIpc) is 2.76. The summed E-state index contributed by atoms with van der Waals surface area (Å²) in [5, 5.41) is 0. The fraction of sp³-hybridized carbons (Fsp3) is 0.931. The lowest BCUT2D eigenvalue weighted by atomic mass is 9.75. The molecule has 0 unspecified atom stereocenters. The summed E-state index contributed by atoms with van der Waals surface area (Å²) in [4.78, 5) is 29.8. The highest BCUT2D eigenvalue weighted by Crippen LogP contribution is 2.35. The second-order valence-corrected chi connectivity index (χ2v) is 11.4. The number of hydrogen-bond acceptors (Lipinski definition) is 4. The van der Waals surface area contributed by atoms with E-state index in [1.54, 1.807) is 4.90 Å². The second-order valence-electron chi connectivity index (χ2n) is 11.4. The summed E-state index contributed by atoms with van der Waals surface area (Å²) < 4.78 is 6.00. The van der Waals surface area contributed by atoms with Crippen molar-refractivity contribution in [2.24, 2.45) is 17.8 Å². The summed E-state index contributed by atoms with van der Waals surface area (Å²) in [6.45, 7) is 10.6. The van der Waals surface area contributed by atoms with Gasteiger partial charge in [0.25, 0.3) is 0 Å². The van der Waals surface area contributed by atoms with E-state index in [4.69, 9.17) is 4.74 Å². The zero-order valence-corrected chi connectivity index (χ0v) is 23.4. The molecule has 0 aliphatic heterocycles. The normalized spacial score (nSPS) is 20.6. The molecule has 0 radical (unpaired) electrons. The Morgan fingerprint density at radius 2 is 1.50 bits per heavy atom. The Kier molecular flexibility index (Phi) is 16.6. The molecule has 0 aromatic carbocycles. The van der Waals surface area contributed by atoms with E-state index in [0.29, 0.717) is 30.7 Å². The van der Waals surface area contributed by atoms with Crippen LogP contribution in [0.15, 0.2) is 0 Å². The topological polar surface area (TPSA) is 49.9 Å². The lowest BCUT2D eigenvalue weighted by Crippen LogP contribution is -2.41. The first kappa shape index (κ1) is 30.9. The molecular formula is C29H56N2O3. The van der Waals surface area contributed by atoms with Crippen molar-refractivity contribution in [1.82, 2.24) is 9.80 Å². The van der Waals surface area contributed by atoms with Crippen molar-refractivity contribution >= 4 is 11.9 Å². The third kappa shape index (κ3) is 13.7. The number of hydrogen-bond donors (Lipinski definition) is 0. The smallest absolute Gasteiger partial charge is 0.325 e. The number of unbranched alkanes of at least 4 members (excludes halogenated alkanes) is 8. The van der Waals surface area contributed by atoms with Crippen molar-refractivity contribution < 1.29 is 14.3 Å². The number of ether oxygens (including phenoxy) is 1. The fourth-order valence-corrected chi connectivity index (χ4v) is 5.23. The van der Waals surface area contributed by atoms with Gasteiger partial charge in [-0.05, 0) is 64.1 Å². The van der Waals surface area contributed by atoms with Gasteiger partial charge in [0.05, 0.1) is 0 Å². The van der Waals surface area contributed by atoms with Crippen molar-refractivity contribution in [2.75, 3.05) is 33.7 Å². The van der Waals surface area contributed by atoms with Crippen LogP contribution in [0.1, 0.15) is 118 Å². The van der Waals surface area contributed by atoms with E-state index in [-0.39, 0.29) is 24.5 Å². The first-order valence-corrected chi connectivity index (χ1v) is 14.4. The lowest BCUT2D eigenvalue weighted by Gasteiger charge is -2.37. The van der Waals surface area contributed by atoms with Gasteiger partial charge in [-0.25, -0.2) is 0 Å². The molecule has 0 heterocycles. The van der Waals surface area contributed by atoms with Crippen LogP contribution in [-0.4, -0.2) is 61.5 Å². The standard InChI is InChI=1S/C29H56N2O3/c1-7-8-9-10-11-12-13-14-15-17-28(32)31(21-16-20-30(5)6)23-29(33)34-27-22-25(4)18-19-26(27)24(2)3/h24-27H,7-23H2,1-6H3/t25-,26+,27-/m0/s1. The molecule has 34 heavy (non-hydrogen) atoms. The Balaban J connectivity index is 2.49. The molecule has 200 valence electrons. The van der Waals surface area contributed by atoms with Gasteiger partial charge in [0, 0.05) is 13.0 Å². The molecule has 1 saturated carbocycles. The molecule has 0 aromatic heterocycles. The maximum atomic E-state index is 13.0. The summed E-state index contributed by atoms with van der Waals surface area (Å²) in [6.07, 6.45) is 15.8. The molecule has 0 saturated heterocycles. The minimum Gasteiger partial charge on any atom is -0.461 e. The SMILES string of the molecule is CCCCCCCCCCCC(=O)N(CCCN(C)C)CC(=O)O[C@H]1C[C@@H](C)CC[C@@H]1C(C)C. The Hall–Kier alpha value is -1.10. The van der Waals surface area contributed by atoms with Crippen molar-refractivity contribution in [2.45, 2.75) is 124 Å². The molecule has 5 heteroatoms. The minimum atomic E-state index is -0.227. The van der Waals surface area contributed by atoms with Crippen LogP contribution >= 0.6 is 0 Å². The third-order valence-electron chi connectivity index (χ3n) is 7.44. The largest absolute Gasteiger partial charge is 0.461 e. The van der Waals surface area contributed by atoms with Gasteiger partial charge < -0.3 is 14.5 Å². The lowest BCUT2D eigenvalue weighted by molar-refractivity contribution is -0.159. The number of amides is 1. The van der Waals surface area contributed by atoms with Gasteiger partial charge in [0.2, 0.25) is 5.91 Å². The van der Waals surface area contributed by atoms with Crippen LogP contribution in [0.25, 0.3) is 0 Å². The van der Waals surface area contributed by atoms with Crippen LogP contribution in [0.4, 0.5) is 0 Å². The Morgan fingerprint density at radius 1 is 0.882 bits per heavy atom. The molecule has 0 aromatic rings. The van der Waals surface area contributed by atoms with E-state index in [0.717, 1.165) is 38.6 Å². The molecule has 1 aliphatic carbocycles. The van der Waals surface area contributed by atoms with E-state index < -0.39 is 0 Å². The maximum Gasteiger partial charge on any atom is 0.325 e. The zero-order valence-electron chi connectivity index (χ0n) is 23.4. The van der Waals surface area contributed by atoms with Crippen LogP contribution in [0.2, 0.25) is 0 Å². The third-order valence-corrected chi connectivity index (χ3v) is 7.44. The molecule has 0 bridgehead atoms. The van der Waals surface area contributed by atoms with Gasteiger partial charge in [-0.3, -0.25) is 9.59 Å². The first-order chi connectivity index (χ1) is 16.2. The number of nitrogens with zero attached hydrogens (tertiary/aromatic N) is 2. The Bertz CT molecular complexity index is 549. The van der Waals surface area contributed by atoms with E-state index >= 15 is 0 Å². The monoisotopic (exact) mass is 480 g/mol. The minimum absolute atomic E-state index is 0.00713. The zero-order chi connectivity index (χ0) is 25.3. The molecular weight excluding hydrogens is 424 g/mol. The van der Waals surface area contributed by atoms with Crippen molar-refractivity contribution in [3.63, 3.8) is 0 Å². The Labute approximate surface area is 211 Å². The average molecular weight is 481 g/mol. The van der Waals surface area contributed by atoms with Crippen LogP contribution in [0.5, 0.6) is 0 Å². The van der Waals surface area contributed by atoms with E-state index in [1.807, 2.05) is 14.1 Å². The maximum absolute atomic E-state index is 13.0. The van der Waals surface area contributed by atoms with Crippen LogP contribution in [0.3, 0.4) is 0 Å². The number of carbonyl (C=O) groups excluding carboxylic acids is 2. The van der Waals surface area contributed by atoms with Crippen molar-refractivity contribution in [3.8, 4) is 0 Å². The molecule has 1 fully saturated rings. The molecule has 0 spiro atoms. The second kappa shape index (κ2) is 18.2. The van der Waals surface area contributed by atoms with E-state index in [2.05, 4.69) is 32.6 Å². The molecule has 0 N–H and O–H groups in total. The summed E-state index contributed by atoms with van der Waals surface area (Å²) in [6, 6.07) is 0. The summed E-state index contributed by atoms with van der Waals surface area (Å²) >= 11 is 0. The van der Waals surface area contributed by atoms with Crippen molar-refractivity contribution in [1.29, 1.82) is 0 Å². The fourth-order valence-electron chi connectivity index (χ4n) is 5.23. The van der Waals surface area contributed by atoms with Crippen LogP contribution in [0, 0.1) is 17.8 Å². The van der Waals surface area contributed by atoms with Crippen LogP contribution < -0.4 is 0 Å². The predicted octanol–water partition coefficient (Wildman–Crippen LogP) is 6.69. The summed E-state index contributed by atoms with van der Waals surface area (Å²) in [5.74, 6) is 1.41. The predicted molar refractivity (Wildman–Crippen MR) is 143 cm³/mol. The quantitative estimate of drug-likeness (QED) is 0.162. The van der Waals surface area contributed by atoms with Gasteiger partial charge in [0.1, 0.15) is 12.6 Å². The van der Waals surface area contributed by atoms with Gasteiger partial charge in [-0.2, -0.15) is 0 Å². The molecule has 5 nitrogen and oxygen atoms in total. The number of rotatable bonds is 18. The van der Waals surface area contributed by atoms with Crippen molar-refractivity contribution in [3.05, 3.63) is 0 Å². The first-order valence-electron chi connectivity index (χ1n) is 14.4. The number of esters is 1. The molecule has 3 atom stereocenters. The highest BCUT2D eigenvalue weighted by molar-refractivity contribution is 5.82. The molecule has 1 rings (SSSR count).